The first-order valence-corrected chi connectivity index (χ1v) is 13.9. The number of ether oxygens (including phenoxy) is 1. The second-order valence-electron chi connectivity index (χ2n) is 9.28. The Morgan fingerprint density at radius 1 is 0.700 bits per heavy atom. The summed E-state index contributed by atoms with van der Waals surface area (Å²) < 4.78 is 95.4. The smallest absolute Gasteiger partial charge is 0.417 e. The molecule has 2 aromatic rings. The molecule has 0 aliphatic carbocycles. The van der Waals surface area contributed by atoms with Crippen molar-refractivity contribution in [1.82, 2.24) is 0 Å². The van der Waals surface area contributed by atoms with Crippen molar-refractivity contribution in [3.8, 4) is 0 Å². The molecule has 0 aliphatic heterocycles. The van der Waals surface area contributed by atoms with E-state index in [0.29, 0.717) is 33.7 Å². The molecule has 2 unspecified atom stereocenters. The predicted octanol–water partition coefficient (Wildman–Crippen LogP) is 9.09. The number of rotatable bonds is 15. The summed E-state index contributed by atoms with van der Waals surface area (Å²) in [5.74, 6) is -4.75. The number of hydrogen-bond donors (Lipinski definition) is 0. The second-order valence-corrected chi connectivity index (χ2v) is 9.28. The van der Waals surface area contributed by atoms with Gasteiger partial charge >= 0.3 is 18.3 Å². The summed E-state index contributed by atoms with van der Waals surface area (Å²) >= 11 is 0. The standard InChI is InChI=1S/C29H34F6O3.H3OP/c1-2-3-4-5-6-7-8-9-10-14-20-38-27(37)24(21-16-12-11-13-17-21)26(36)25-22(28(30,31)32)18-15-19-23(25)29(33,34)35;1-2/h11-13,15-19,24H,2-10,14,20H2,1H3;2H3. The van der Waals surface area contributed by atoms with E-state index in [0.717, 1.165) is 32.1 Å². The molecule has 0 spiro atoms. The van der Waals surface area contributed by atoms with Crippen LogP contribution in [0, 0.1) is 0 Å². The molecule has 11 heteroatoms. The minimum absolute atomic E-state index is 0.0457. The maximum absolute atomic E-state index is 13.7. The normalized spacial score (nSPS) is 12.4. The van der Waals surface area contributed by atoms with Gasteiger partial charge < -0.3 is 9.30 Å². The number of unbranched alkanes of at least 4 members (excludes halogenated alkanes) is 9. The molecule has 0 bridgehead atoms. The molecule has 0 amide bonds. The molecule has 0 N–H and O–H groups in total. The molecule has 4 nitrogen and oxygen atoms in total. The quantitative estimate of drug-likeness (QED) is 0.0515. The Bertz CT molecular complexity index is 1010. The molecule has 0 heterocycles. The van der Waals surface area contributed by atoms with Gasteiger partial charge in [0, 0.05) is 5.56 Å². The van der Waals surface area contributed by atoms with Crippen molar-refractivity contribution in [2.24, 2.45) is 0 Å². The van der Waals surface area contributed by atoms with Crippen LogP contribution < -0.4 is 0 Å². The highest BCUT2D eigenvalue weighted by Gasteiger charge is 2.45. The summed E-state index contributed by atoms with van der Waals surface area (Å²) in [6.07, 6.45) is -0.194. The zero-order valence-corrected chi connectivity index (χ0v) is 24.0. The minimum Gasteiger partial charge on any atom is -0.465 e. The number of Topliss-reactive ketones (excluding diaryl/α,β-unsaturated/α-hetero) is 1. The fourth-order valence-electron chi connectivity index (χ4n) is 4.32. The van der Waals surface area contributed by atoms with Gasteiger partial charge in [0.05, 0.1) is 26.9 Å². The number of benzene rings is 2. The molecule has 0 radical (unpaired) electrons. The van der Waals surface area contributed by atoms with Crippen LogP contribution in [0.5, 0.6) is 0 Å². The summed E-state index contributed by atoms with van der Waals surface area (Å²) in [6.45, 7) is 2.07. The Kier molecular flexibility index (Phi) is 15.9. The molecule has 0 aromatic heterocycles. The number of carbonyl (C=O) groups excluding carboxylic acids is 2. The first-order valence-electron chi connectivity index (χ1n) is 13.3. The van der Waals surface area contributed by atoms with Crippen molar-refractivity contribution in [1.29, 1.82) is 0 Å². The lowest BCUT2D eigenvalue weighted by Gasteiger charge is -2.21. The largest absolute Gasteiger partial charge is 0.465 e. The Hall–Kier alpha value is -2.61. The second kappa shape index (κ2) is 17.9. The average molecular weight is 595 g/mol. The third-order valence-corrected chi connectivity index (χ3v) is 6.29. The van der Waals surface area contributed by atoms with E-state index in [1.807, 2.05) is 0 Å². The van der Waals surface area contributed by atoms with Crippen LogP contribution >= 0.6 is 9.12 Å². The van der Waals surface area contributed by atoms with Gasteiger partial charge in [0.15, 0.2) is 5.78 Å². The fraction of sp³-hybridized carbons (Fsp3) is 0.517. The van der Waals surface area contributed by atoms with E-state index in [2.05, 4.69) is 6.92 Å². The zero-order chi connectivity index (χ0) is 30.2. The molecule has 2 atom stereocenters. The van der Waals surface area contributed by atoms with E-state index >= 15 is 0 Å². The first kappa shape index (κ1) is 35.4. The average Bonchev–Trinajstić information content (AvgIpc) is 2.92. The topological polar surface area (TPSA) is 60.4 Å². The van der Waals surface area contributed by atoms with Gasteiger partial charge in [0.25, 0.3) is 0 Å². The van der Waals surface area contributed by atoms with Crippen LogP contribution in [0.3, 0.4) is 0 Å². The van der Waals surface area contributed by atoms with Crippen molar-refractivity contribution in [2.75, 3.05) is 6.61 Å². The summed E-state index contributed by atoms with van der Waals surface area (Å²) in [6, 6.07) is 8.41. The Labute approximate surface area is 233 Å². The van der Waals surface area contributed by atoms with Crippen molar-refractivity contribution >= 4 is 20.9 Å². The van der Waals surface area contributed by atoms with E-state index in [9.17, 15) is 35.9 Å². The van der Waals surface area contributed by atoms with Crippen molar-refractivity contribution in [3.05, 3.63) is 70.8 Å². The lowest BCUT2D eigenvalue weighted by Crippen LogP contribution is -2.29. The van der Waals surface area contributed by atoms with Gasteiger partial charge in [0.1, 0.15) is 5.92 Å². The van der Waals surface area contributed by atoms with Crippen LogP contribution in [0.25, 0.3) is 0 Å². The number of alkyl halides is 6. The lowest BCUT2D eigenvalue weighted by molar-refractivity contribution is -0.146. The molecule has 0 aliphatic rings. The molecular formula is C29H37F6O4P. The zero-order valence-electron chi connectivity index (χ0n) is 22.6. The highest BCUT2D eigenvalue weighted by Crippen LogP contribution is 2.41. The van der Waals surface area contributed by atoms with Crippen LogP contribution in [0.15, 0.2) is 48.5 Å². The summed E-state index contributed by atoms with van der Waals surface area (Å²) in [5, 5.41) is 0. The number of halogens is 6. The van der Waals surface area contributed by atoms with Crippen molar-refractivity contribution in [2.45, 2.75) is 89.4 Å². The Morgan fingerprint density at radius 3 is 1.60 bits per heavy atom. The molecule has 40 heavy (non-hydrogen) atoms. The molecule has 0 saturated heterocycles. The van der Waals surface area contributed by atoms with Crippen LogP contribution in [0.1, 0.15) is 104 Å². The third-order valence-electron chi connectivity index (χ3n) is 6.29. The van der Waals surface area contributed by atoms with Crippen LogP contribution in [-0.4, -0.2) is 18.4 Å². The third kappa shape index (κ3) is 11.5. The van der Waals surface area contributed by atoms with Gasteiger partial charge in [-0.15, -0.1) is 0 Å². The van der Waals surface area contributed by atoms with Gasteiger partial charge in [-0.1, -0.05) is 101 Å². The van der Waals surface area contributed by atoms with Gasteiger partial charge in [-0.3, -0.25) is 9.59 Å². The van der Waals surface area contributed by atoms with Crippen molar-refractivity contribution in [3.63, 3.8) is 0 Å². The monoisotopic (exact) mass is 594 g/mol. The fourth-order valence-corrected chi connectivity index (χ4v) is 4.32. The van der Waals surface area contributed by atoms with E-state index in [1.165, 1.54) is 49.9 Å². The first-order chi connectivity index (χ1) is 19.0. The van der Waals surface area contributed by atoms with E-state index < -0.39 is 46.7 Å². The maximum Gasteiger partial charge on any atom is 0.417 e. The molecular weight excluding hydrogens is 557 g/mol. The van der Waals surface area contributed by atoms with Gasteiger partial charge in [-0.2, -0.15) is 26.3 Å². The number of hydrogen-bond acceptors (Lipinski definition) is 4. The van der Waals surface area contributed by atoms with Crippen LogP contribution in [0.2, 0.25) is 0 Å². The van der Waals surface area contributed by atoms with Gasteiger partial charge in [-0.25, -0.2) is 0 Å². The molecule has 2 aromatic carbocycles. The summed E-state index contributed by atoms with van der Waals surface area (Å²) in [4.78, 5) is 26.3. The number of ketones is 1. The highest BCUT2D eigenvalue weighted by molar-refractivity contribution is 7.00. The van der Waals surface area contributed by atoms with Gasteiger partial charge in [0.2, 0.25) is 0 Å². The predicted molar refractivity (Wildman–Crippen MR) is 145 cm³/mol. The van der Waals surface area contributed by atoms with Crippen LogP contribution in [0.4, 0.5) is 26.3 Å². The molecule has 0 saturated carbocycles. The molecule has 224 valence electrons. The van der Waals surface area contributed by atoms with Crippen molar-refractivity contribution < 1.29 is 45.2 Å². The van der Waals surface area contributed by atoms with E-state index in [1.54, 1.807) is 6.07 Å². The highest BCUT2D eigenvalue weighted by atomic mass is 31.0. The van der Waals surface area contributed by atoms with Crippen LogP contribution in [-0.2, 0) is 26.4 Å². The van der Waals surface area contributed by atoms with Gasteiger partial charge in [-0.05, 0) is 24.1 Å². The summed E-state index contributed by atoms with van der Waals surface area (Å²) in [5.41, 5.74) is -5.13. The molecule has 2 rings (SSSR count). The van der Waals surface area contributed by atoms with E-state index in [-0.39, 0.29) is 12.2 Å². The Morgan fingerprint density at radius 2 is 1.15 bits per heavy atom. The SMILES string of the molecule is CCCCCCCCCCCCOC(=O)C(C(=O)c1c(C(F)(F)F)cccc1C(F)(F)F)c1ccccc1.O=[PH3]. The lowest BCUT2D eigenvalue weighted by atomic mass is 9.85. The van der Waals surface area contributed by atoms with E-state index in [4.69, 9.17) is 9.30 Å². The maximum atomic E-state index is 13.7. The number of carbonyl (C=O) groups is 2. The summed E-state index contributed by atoms with van der Waals surface area (Å²) in [7, 11) is 0.611. The molecule has 0 fully saturated rings. The Balaban J connectivity index is 0.00000391. The number of esters is 1. The minimum atomic E-state index is -5.24.